The maximum Gasteiger partial charge on any atom is 0.253 e. The van der Waals surface area contributed by atoms with Crippen LogP contribution in [0.4, 0.5) is 5.95 Å². The number of rotatable bonds is 4. The van der Waals surface area contributed by atoms with E-state index in [-0.39, 0.29) is 5.91 Å². The van der Waals surface area contributed by atoms with E-state index in [1.807, 2.05) is 61.2 Å². The Labute approximate surface area is 195 Å². The zero-order valence-corrected chi connectivity index (χ0v) is 19.4. The van der Waals surface area contributed by atoms with E-state index in [0.29, 0.717) is 6.04 Å². The van der Waals surface area contributed by atoms with Crippen molar-refractivity contribution in [3.05, 3.63) is 77.5 Å². The summed E-state index contributed by atoms with van der Waals surface area (Å²) in [5.41, 5.74) is 5.05. The lowest BCUT2D eigenvalue weighted by Crippen LogP contribution is -2.52. The van der Waals surface area contributed by atoms with Crippen molar-refractivity contribution in [2.75, 3.05) is 44.2 Å². The lowest BCUT2D eigenvalue weighted by Gasteiger charge is -2.38. The second-order valence-electron chi connectivity index (χ2n) is 9.14. The van der Waals surface area contributed by atoms with Crippen LogP contribution >= 0.6 is 0 Å². The average Bonchev–Trinajstić information content (AvgIpc) is 3.35. The van der Waals surface area contributed by atoms with Gasteiger partial charge in [-0.3, -0.25) is 9.69 Å². The van der Waals surface area contributed by atoms with Crippen molar-refractivity contribution in [1.82, 2.24) is 19.8 Å². The van der Waals surface area contributed by atoms with E-state index < -0.39 is 0 Å². The molecule has 0 bridgehead atoms. The van der Waals surface area contributed by atoms with E-state index in [0.717, 1.165) is 74.2 Å². The van der Waals surface area contributed by atoms with Crippen LogP contribution in [0.1, 0.15) is 28.0 Å². The molecule has 2 aliphatic heterocycles. The van der Waals surface area contributed by atoms with Gasteiger partial charge in [0.15, 0.2) is 0 Å². The van der Waals surface area contributed by atoms with Gasteiger partial charge < -0.3 is 9.80 Å². The second-order valence-corrected chi connectivity index (χ2v) is 9.14. The highest BCUT2D eigenvalue weighted by Crippen LogP contribution is 2.25. The molecule has 0 N–H and O–H groups in total. The maximum absolute atomic E-state index is 12.8. The highest BCUT2D eigenvalue weighted by Gasteiger charge is 2.32. The first-order valence-electron chi connectivity index (χ1n) is 11.8. The molecule has 2 saturated heterocycles. The molecule has 1 aromatic heterocycles. The highest BCUT2D eigenvalue weighted by atomic mass is 16.2. The molecule has 6 heteroatoms. The first kappa shape index (κ1) is 21.6. The Hall–Kier alpha value is -3.25. The van der Waals surface area contributed by atoms with Crippen LogP contribution < -0.4 is 4.90 Å². The third-order valence-electron chi connectivity index (χ3n) is 6.77. The number of anilines is 1. The van der Waals surface area contributed by atoms with Crippen LogP contribution in [0.2, 0.25) is 0 Å². The zero-order chi connectivity index (χ0) is 22.8. The van der Waals surface area contributed by atoms with Crippen LogP contribution in [0.25, 0.3) is 11.3 Å². The number of carbonyl (C=O) groups excluding carboxylic acids is 1. The van der Waals surface area contributed by atoms with Crippen LogP contribution in [0.15, 0.2) is 60.7 Å². The van der Waals surface area contributed by atoms with Crippen LogP contribution in [0.5, 0.6) is 0 Å². The zero-order valence-electron chi connectivity index (χ0n) is 19.4. The minimum Gasteiger partial charge on any atom is -0.339 e. The summed E-state index contributed by atoms with van der Waals surface area (Å²) in [6, 6.07) is 20.7. The summed E-state index contributed by atoms with van der Waals surface area (Å²) in [7, 11) is 0. The molecule has 2 fully saturated rings. The summed E-state index contributed by atoms with van der Waals surface area (Å²) in [5, 5.41) is 0. The van der Waals surface area contributed by atoms with E-state index in [4.69, 9.17) is 9.97 Å². The van der Waals surface area contributed by atoms with Crippen molar-refractivity contribution in [3.8, 4) is 11.3 Å². The molecule has 33 heavy (non-hydrogen) atoms. The topological polar surface area (TPSA) is 52.6 Å². The molecule has 1 atom stereocenters. The lowest BCUT2D eigenvalue weighted by molar-refractivity contribution is 0.0585. The molecule has 2 aromatic carbocycles. The van der Waals surface area contributed by atoms with Crippen molar-refractivity contribution in [3.63, 3.8) is 0 Å². The number of piperazine rings is 1. The van der Waals surface area contributed by atoms with Gasteiger partial charge in [0.2, 0.25) is 5.95 Å². The Morgan fingerprint density at radius 1 is 0.879 bits per heavy atom. The quantitative estimate of drug-likeness (QED) is 0.617. The van der Waals surface area contributed by atoms with Gasteiger partial charge in [-0.1, -0.05) is 48.0 Å². The predicted octanol–water partition coefficient (Wildman–Crippen LogP) is 3.80. The summed E-state index contributed by atoms with van der Waals surface area (Å²) in [4.78, 5) is 29.3. The highest BCUT2D eigenvalue weighted by molar-refractivity contribution is 5.94. The van der Waals surface area contributed by atoms with Gasteiger partial charge in [0, 0.05) is 62.1 Å². The third-order valence-corrected chi connectivity index (χ3v) is 6.77. The first-order valence-corrected chi connectivity index (χ1v) is 11.8. The number of amides is 1. The van der Waals surface area contributed by atoms with Crippen LogP contribution in [0, 0.1) is 13.8 Å². The van der Waals surface area contributed by atoms with Crippen LogP contribution in [-0.2, 0) is 0 Å². The number of hydrogen-bond acceptors (Lipinski definition) is 5. The molecule has 6 nitrogen and oxygen atoms in total. The first-order chi connectivity index (χ1) is 16.1. The second kappa shape index (κ2) is 9.32. The van der Waals surface area contributed by atoms with Gasteiger partial charge in [-0.05, 0) is 38.5 Å². The number of aromatic nitrogens is 2. The average molecular weight is 442 g/mol. The lowest BCUT2D eigenvalue weighted by atomic mass is 10.1. The predicted molar refractivity (Wildman–Crippen MR) is 131 cm³/mol. The van der Waals surface area contributed by atoms with E-state index in [2.05, 4.69) is 28.0 Å². The molecule has 1 unspecified atom stereocenters. The Kier molecular flexibility index (Phi) is 6.09. The van der Waals surface area contributed by atoms with Crippen molar-refractivity contribution in [2.45, 2.75) is 26.3 Å². The van der Waals surface area contributed by atoms with Gasteiger partial charge in [-0.25, -0.2) is 9.97 Å². The summed E-state index contributed by atoms with van der Waals surface area (Å²) in [5.74, 6) is 0.967. The molecule has 2 aliphatic rings. The fraction of sp³-hybridized carbons (Fsp3) is 0.370. The summed E-state index contributed by atoms with van der Waals surface area (Å²) < 4.78 is 0. The molecule has 1 amide bonds. The third kappa shape index (κ3) is 4.76. The molecular formula is C27H31N5O. The van der Waals surface area contributed by atoms with Gasteiger partial charge >= 0.3 is 0 Å². The van der Waals surface area contributed by atoms with Crippen molar-refractivity contribution >= 4 is 11.9 Å². The van der Waals surface area contributed by atoms with Crippen LogP contribution in [-0.4, -0.2) is 71.0 Å². The van der Waals surface area contributed by atoms with Crippen molar-refractivity contribution in [1.29, 1.82) is 0 Å². The molecule has 170 valence electrons. The minimum atomic E-state index is 0.143. The minimum absolute atomic E-state index is 0.143. The van der Waals surface area contributed by atoms with Crippen LogP contribution in [0.3, 0.4) is 0 Å². The molecule has 5 rings (SSSR count). The standard InChI is InChI=1S/C27H31N5O/c1-20-8-10-23(11-9-20)26(33)31-16-14-30(15-17-31)24-12-13-32(19-24)27-28-21(2)18-25(29-27)22-6-4-3-5-7-22/h3-11,18,24H,12-17,19H2,1-2H3. The molecule has 0 radical (unpaired) electrons. The van der Waals surface area contributed by atoms with Crippen molar-refractivity contribution < 1.29 is 4.79 Å². The Morgan fingerprint density at radius 3 is 2.33 bits per heavy atom. The van der Waals surface area contributed by atoms with Crippen molar-refractivity contribution in [2.24, 2.45) is 0 Å². The largest absolute Gasteiger partial charge is 0.339 e. The van der Waals surface area contributed by atoms with Gasteiger partial charge in [-0.2, -0.15) is 0 Å². The number of carbonyl (C=O) groups is 1. The number of benzene rings is 2. The van der Waals surface area contributed by atoms with E-state index >= 15 is 0 Å². The molecule has 3 heterocycles. The molecule has 0 spiro atoms. The number of aryl methyl sites for hydroxylation is 2. The van der Waals surface area contributed by atoms with Gasteiger partial charge in [0.25, 0.3) is 5.91 Å². The summed E-state index contributed by atoms with van der Waals surface area (Å²) >= 11 is 0. The monoisotopic (exact) mass is 441 g/mol. The fourth-order valence-corrected chi connectivity index (χ4v) is 4.84. The van der Waals surface area contributed by atoms with Gasteiger partial charge in [0.05, 0.1) is 5.69 Å². The smallest absolute Gasteiger partial charge is 0.253 e. The Morgan fingerprint density at radius 2 is 1.61 bits per heavy atom. The molecular weight excluding hydrogens is 410 g/mol. The van der Waals surface area contributed by atoms with Gasteiger partial charge in [-0.15, -0.1) is 0 Å². The molecule has 0 aliphatic carbocycles. The normalized spacial score (nSPS) is 19.2. The van der Waals surface area contributed by atoms with E-state index in [1.165, 1.54) is 5.56 Å². The maximum atomic E-state index is 12.8. The Balaban J connectivity index is 1.20. The number of nitrogens with zero attached hydrogens (tertiary/aromatic N) is 5. The van der Waals surface area contributed by atoms with E-state index in [1.54, 1.807) is 0 Å². The summed E-state index contributed by atoms with van der Waals surface area (Å²) in [6.45, 7) is 9.37. The molecule has 3 aromatic rings. The molecule has 0 saturated carbocycles. The van der Waals surface area contributed by atoms with E-state index in [9.17, 15) is 4.79 Å². The SMILES string of the molecule is Cc1ccc(C(=O)N2CCN(C3CCN(c4nc(C)cc(-c5ccccc5)n4)C3)CC2)cc1. The van der Waals surface area contributed by atoms with Gasteiger partial charge in [0.1, 0.15) is 0 Å². The number of hydrogen-bond donors (Lipinski definition) is 0. The summed E-state index contributed by atoms with van der Waals surface area (Å²) in [6.07, 6.45) is 1.10. The fourth-order valence-electron chi connectivity index (χ4n) is 4.84. The Bertz CT molecular complexity index is 1110.